The third-order valence-electron chi connectivity index (χ3n) is 0.611. The van der Waals surface area contributed by atoms with Gasteiger partial charge in [0, 0.05) is 6.08 Å². The summed E-state index contributed by atoms with van der Waals surface area (Å²) < 4.78 is 4.54. The van der Waals surface area contributed by atoms with Gasteiger partial charge in [-0.1, -0.05) is 0 Å². The van der Waals surface area contributed by atoms with E-state index in [1.807, 2.05) is 0 Å². The van der Waals surface area contributed by atoms with Crippen molar-refractivity contribution in [3.63, 3.8) is 0 Å². The highest BCUT2D eigenvalue weighted by atomic mass is 32.2. The average Bonchev–Trinajstić information content (AvgIpc) is 1.89. The third kappa shape index (κ3) is 5.19. The van der Waals surface area contributed by atoms with E-state index in [2.05, 4.69) is 4.74 Å². The second-order valence-electron chi connectivity index (χ2n) is 1.26. The second-order valence-corrected chi connectivity index (χ2v) is 1.95. The van der Waals surface area contributed by atoms with Crippen molar-refractivity contribution in [1.82, 2.24) is 0 Å². The van der Waals surface area contributed by atoms with Crippen LogP contribution in [0.25, 0.3) is 0 Å². The number of ether oxygens (including phenoxy) is 1. The molecule has 4 heteroatoms. The smallest absolute Gasteiger partial charge is 0.331 e. The zero-order chi connectivity index (χ0) is 7.82. The molecule has 0 aliphatic rings. The average molecular weight is 157 g/mol. The van der Waals surface area contributed by atoms with Crippen molar-refractivity contribution in [2.75, 3.05) is 6.61 Å². The lowest BCUT2D eigenvalue weighted by atomic mass is 10.6. The van der Waals surface area contributed by atoms with Gasteiger partial charge in [0.05, 0.1) is 6.61 Å². The molecule has 0 fully saturated rings. The third-order valence-corrected chi connectivity index (χ3v) is 0.989. The zero-order valence-electron chi connectivity index (χ0n) is 5.53. The van der Waals surface area contributed by atoms with Crippen LogP contribution < -0.4 is 0 Å². The molecular weight excluding hydrogens is 150 g/mol. The maximum atomic E-state index is 10.5. The predicted molar refractivity (Wildman–Crippen MR) is 39.0 cm³/mol. The summed E-state index contributed by atoms with van der Waals surface area (Å²) in [7, 11) is 0. The normalized spacial score (nSPS) is 9.20. The number of thiocyanates is 1. The molecule has 0 bridgehead atoms. The van der Waals surface area contributed by atoms with E-state index in [9.17, 15) is 4.79 Å². The first-order chi connectivity index (χ1) is 4.81. The largest absolute Gasteiger partial charge is 0.463 e. The van der Waals surface area contributed by atoms with Crippen LogP contribution in [0.2, 0.25) is 0 Å². The van der Waals surface area contributed by atoms with Crippen molar-refractivity contribution in [3.8, 4) is 5.40 Å². The van der Waals surface area contributed by atoms with E-state index in [1.165, 1.54) is 11.5 Å². The number of nitriles is 1. The van der Waals surface area contributed by atoms with Gasteiger partial charge in [-0.25, -0.2) is 4.79 Å². The van der Waals surface area contributed by atoms with Gasteiger partial charge >= 0.3 is 5.97 Å². The Hall–Kier alpha value is -0.950. The molecule has 0 heterocycles. The van der Waals surface area contributed by atoms with E-state index >= 15 is 0 Å². The minimum Gasteiger partial charge on any atom is -0.463 e. The van der Waals surface area contributed by atoms with Crippen LogP contribution >= 0.6 is 11.8 Å². The maximum Gasteiger partial charge on any atom is 0.331 e. The SMILES string of the molecule is CCOC(=O)/C=C/SC#N. The van der Waals surface area contributed by atoms with Gasteiger partial charge < -0.3 is 4.74 Å². The van der Waals surface area contributed by atoms with E-state index in [0.717, 1.165) is 11.8 Å². The zero-order valence-corrected chi connectivity index (χ0v) is 6.35. The summed E-state index contributed by atoms with van der Waals surface area (Å²) in [4.78, 5) is 10.5. The first kappa shape index (κ1) is 9.05. The lowest BCUT2D eigenvalue weighted by Crippen LogP contribution is -1.98. The number of hydrogen-bond acceptors (Lipinski definition) is 4. The van der Waals surface area contributed by atoms with Gasteiger partial charge in [-0.05, 0) is 24.1 Å². The van der Waals surface area contributed by atoms with Gasteiger partial charge in [-0.3, -0.25) is 0 Å². The molecule has 0 spiro atoms. The van der Waals surface area contributed by atoms with Gasteiger partial charge in [-0.2, -0.15) is 5.26 Å². The summed E-state index contributed by atoms with van der Waals surface area (Å²) in [6, 6.07) is 0. The van der Waals surface area contributed by atoms with E-state index in [0.29, 0.717) is 6.61 Å². The van der Waals surface area contributed by atoms with Crippen LogP contribution in [0.4, 0.5) is 0 Å². The molecule has 0 rings (SSSR count). The highest BCUT2D eigenvalue weighted by molar-refractivity contribution is 8.06. The van der Waals surface area contributed by atoms with Gasteiger partial charge in [0.2, 0.25) is 0 Å². The first-order valence-corrected chi connectivity index (χ1v) is 3.57. The van der Waals surface area contributed by atoms with E-state index < -0.39 is 5.97 Å². The topological polar surface area (TPSA) is 50.1 Å². The molecule has 0 saturated heterocycles. The molecule has 54 valence electrons. The predicted octanol–water partition coefficient (Wildman–Crippen LogP) is 1.28. The summed E-state index contributed by atoms with van der Waals surface area (Å²) in [6.07, 6.45) is 1.22. The summed E-state index contributed by atoms with van der Waals surface area (Å²) in [5.74, 6) is -0.412. The number of rotatable bonds is 3. The quantitative estimate of drug-likeness (QED) is 0.352. The summed E-state index contributed by atoms with van der Waals surface area (Å²) in [5.41, 5.74) is 0. The fraction of sp³-hybridized carbons (Fsp3) is 0.333. The summed E-state index contributed by atoms with van der Waals surface area (Å²) in [5, 5.41) is 11.2. The van der Waals surface area contributed by atoms with Crippen LogP contribution in [0, 0.1) is 10.7 Å². The fourth-order valence-corrected chi connectivity index (χ4v) is 0.550. The number of carbonyl (C=O) groups is 1. The van der Waals surface area contributed by atoms with Crippen LogP contribution in [0.3, 0.4) is 0 Å². The number of carbonyl (C=O) groups excluding carboxylic acids is 1. The Morgan fingerprint density at radius 3 is 3.10 bits per heavy atom. The summed E-state index contributed by atoms with van der Waals surface area (Å²) >= 11 is 0.886. The molecule has 0 unspecified atom stereocenters. The molecule has 0 aliphatic carbocycles. The molecule has 0 aromatic rings. The standard InChI is InChI=1S/C6H7NO2S/c1-2-9-6(8)3-4-10-5-7/h3-4H,2H2,1H3/b4-3+. The molecule has 0 saturated carbocycles. The Labute approximate surface area is 63.7 Å². The van der Waals surface area contributed by atoms with Crippen LogP contribution in [0.15, 0.2) is 11.5 Å². The van der Waals surface area contributed by atoms with Crippen LogP contribution in [0.1, 0.15) is 6.92 Å². The molecule has 0 N–H and O–H groups in total. The molecule has 0 aromatic carbocycles. The monoisotopic (exact) mass is 157 g/mol. The molecular formula is C6H7NO2S. The lowest BCUT2D eigenvalue weighted by Gasteiger charge is -1.92. The Bertz CT molecular complexity index is 171. The fourth-order valence-electron chi connectivity index (χ4n) is 0.310. The van der Waals surface area contributed by atoms with E-state index in [1.54, 1.807) is 12.3 Å². The van der Waals surface area contributed by atoms with Crippen molar-refractivity contribution < 1.29 is 9.53 Å². The number of nitrogens with zero attached hydrogens (tertiary/aromatic N) is 1. The van der Waals surface area contributed by atoms with Crippen LogP contribution in [-0.2, 0) is 9.53 Å². The highest BCUT2D eigenvalue weighted by Gasteiger charge is 1.90. The number of esters is 1. The van der Waals surface area contributed by atoms with Crippen molar-refractivity contribution in [3.05, 3.63) is 11.5 Å². The maximum absolute atomic E-state index is 10.5. The van der Waals surface area contributed by atoms with Crippen molar-refractivity contribution in [2.24, 2.45) is 0 Å². The van der Waals surface area contributed by atoms with Crippen molar-refractivity contribution >= 4 is 17.7 Å². The van der Waals surface area contributed by atoms with Gasteiger partial charge in [-0.15, -0.1) is 0 Å². The van der Waals surface area contributed by atoms with Crippen LogP contribution in [-0.4, -0.2) is 12.6 Å². The number of hydrogen-bond donors (Lipinski definition) is 0. The lowest BCUT2D eigenvalue weighted by molar-refractivity contribution is -0.137. The Morgan fingerprint density at radius 2 is 2.60 bits per heavy atom. The van der Waals surface area contributed by atoms with Gasteiger partial charge in [0.1, 0.15) is 5.40 Å². The number of thioether (sulfide) groups is 1. The molecule has 0 aliphatic heterocycles. The molecule has 0 radical (unpaired) electrons. The van der Waals surface area contributed by atoms with Crippen molar-refractivity contribution in [2.45, 2.75) is 6.92 Å². The van der Waals surface area contributed by atoms with E-state index in [4.69, 9.17) is 5.26 Å². The second kappa shape index (κ2) is 6.17. The minimum atomic E-state index is -0.412. The molecule has 0 aromatic heterocycles. The molecule has 0 atom stereocenters. The first-order valence-electron chi connectivity index (χ1n) is 2.69. The van der Waals surface area contributed by atoms with Gasteiger partial charge in [0.25, 0.3) is 0 Å². The summed E-state index contributed by atoms with van der Waals surface area (Å²) in [6.45, 7) is 2.09. The van der Waals surface area contributed by atoms with Gasteiger partial charge in [0.15, 0.2) is 0 Å². The molecule has 10 heavy (non-hydrogen) atoms. The molecule has 3 nitrogen and oxygen atoms in total. The highest BCUT2D eigenvalue weighted by Crippen LogP contribution is 1.97. The van der Waals surface area contributed by atoms with Crippen molar-refractivity contribution in [1.29, 1.82) is 5.26 Å². The Kier molecular flexibility index (Phi) is 5.59. The van der Waals surface area contributed by atoms with E-state index in [-0.39, 0.29) is 0 Å². The Balaban J connectivity index is 3.48. The Morgan fingerprint density at radius 1 is 1.90 bits per heavy atom. The van der Waals surface area contributed by atoms with Crippen LogP contribution in [0.5, 0.6) is 0 Å². The molecule has 0 amide bonds. The minimum absolute atomic E-state index is 0.362.